The molecule has 10 nitrogen and oxygen atoms in total. The number of carbonyl (C=O) groups is 2. The number of aliphatic hydroxyl groups excluding tert-OH is 1. The molecule has 1 aromatic heterocycles. The van der Waals surface area contributed by atoms with Crippen molar-refractivity contribution in [1.29, 1.82) is 0 Å². The minimum atomic E-state index is -0.521. The maximum atomic E-state index is 14.0. The first-order chi connectivity index (χ1) is 16.3. The molecule has 2 aromatic rings. The highest BCUT2D eigenvalue weighted by Gasteiger charge is 2.29. The summed E-state index contributed by atoms with van der Waals surface area (Å²) in [4.78, 5) is 28.7. The van der Waals surface area contributed by atoms with Crippen LogP contribution in [0.1, 0.15) is 32.4 Å². The number of aryl methyl sites for hydroxylation is 1. The summed E-state index contributed by atoms with van der Waals surface area (Å²) in [7, 11) is 1.60. The largest absolute Gasteiger partial charge is 0.394 e. The van der Waals surface area contributed by atoms with Crippen LogP contribution in [0.4, 0.5) is 14.9 Å². The molecular formula is C23H33FN6O4. The molecule has 0 saturated carbocycles. The lowest BCUT2D eigenvalue weighted by atomic mass is 10.0. The van der Waals surface area contributed by atoms with Gasteiger partial charge in [0.25, 0.3) is 0 Å². The molecule has 0 spiro atoms. The predicted octanol–water partition coefficient (Wildman–Crippen LogP) is 2.11. The number of ether oxygens (including phenoxy) is 1. The van der Waals surface area contributed by atoms with E-state index in [4.69, 9.17) is 4.74 Å². The number of aromatic nitrogens is 3. The highest BCUT2D eigenvalue weighted by molar-refractivity contribution is 5.89. The Morgan fingerprint density at radius 2 is 2.18 bits per heavy atom. The number of amides is 3. The highest BCUT2D eigenvalue weighted by atomic mass is 19.1. The third-order valence-corrected chi connectivity index (χ3v) is 6.06. The van der Waals surface area contributed by atoms with Crippen LogP contribution in [0.15, 0.2) is 30.5 Å². The zero-order valence-corrected chi connectivity index (χ0v) is 19.9. The lowest BCUT2D eigenvalue weighted by Gasteiger charge is -2.35. The smallest absolute Gasteiger partial charge is 0.321 e. The predicted molar refractivity (Wildman–Crippen MR) is 123 cm³/mol. The second-order valence-electron chi connectivity index (χ2n) is 8.75. The van der Waals surface area contributed by atoms with E-state index >= 15 is 0 Å². The lowest BCUT2D eigenvalue weighted by Crippen LogP contribution is -2.48. The number of fused-ring (bicyclic) bond motifs is 1. The van der Waals surface area contributed by atoms with Gasteiger partial charge >= 0.3 is 6.03 Å². The average molecular weight is 477 g/mol. The summed E-state index contributed by atoms with van der Waals surface area (Å²) in [5.74, 6) is -0.738. The first-order valence-electron chi connectivity index (χ1n) is 11.5. The molecule has 3 amide bonds. The molecule has 1 aliphatic rings. The molecule has 3 rings (SSSR count). The third kappa shape index (κ3) is 6.51. The standard InChI is InChI=1S/C23H33FN6O4/c1-16-12-29(17(2)14-31)22(32)9-6-10-30-18(11-25-27-30)15-34-21(16)13-28(3)23(33)26-20-8-5-4-7-19(20)24/h4-5,7-8,11,16-17,21,31H,6,9-10,12-15H2,1-3H3,(H,26,33)/t16-,17-,21+/m1/s1. The van der Waals surface area contributed by atoms with Crippen molar-refractivity contribution >= 4 is 17.6 Å². The van der Waals surface area contributed by atoms with Crippen LogP contribution in [0.5, 0.6) is 0 Å². The van der Waals surface area contributed by atoms with Gasteiger partial charge in [0.15, 0.2) is 0 Å². The normalized spacial score (nSPS) is 20.6. The Morgan fingerprint density at radius 3 is 2.91 bits per heavy atom. The SMILES string of the molecule is C[C@@H]1CN([C@H](C)CO)C(=O)CCCn2nncc2CO[C@H]1CN(C)C(=O)Nc1ccccc1F. The van der Waals surface area contributed by atoms with Gasteiger partial charge in [0.1, 0.15) is 5.82 Å². The van der Waals surface area contributed by atoms with E-state index in [1.165, 1.54) is 17.0 Å². The van der Waals surface area contributed by atoms with Gasteiger partial charge in [-0.15, -0.1) is 5.10 Å². The van der Waals surface area contributed by atoms with Crippen LogP contribution in [0, 0.1) is 11.7 Å². The van der Waals surface area contributed by atoms with E-state index in [-0.39, 0.29) is 43.3 Å². The summed E-state index contributed by atoms with van der Waals surface area (Å²) in [5, 5.41) is 20.3. The van der Waals surface area contributed by atoms with Crippen molar-refractivity contribution in [2.45, 2.75) is 52.0 Å². The van der Waals surface area contributed by atoms with Gasteiger partial charge < -0.3 is 25.0 Å². The summed E-state index contributed by atoms with van der Waals surface area (Å²) < 4.78 is 21.9. The molecule has 0 radical (unpaired) electrons. The van der Waals surface area contributed by atoms with E-state index in [0.29, 0.717) is 25.9 Å². The topological polar surface area (TPSA) is 113 Å². The molecule has 3 atom stereocenters. The van der Waals surface area contributed by atoms with Crippen LogP contribution in [-0.4, -0.2) is 80.7 Å². The van der Waals surface area contributed by atoms with Gasteiger partial charge in [0.05, 0.1) is 42.9 Å². The second-order valence-corrected chi connectivity index (χ2v) is 8.75. The van der Waals surface area contributed by atoms with Crippen molar-refractivity contribution in [3.8, 4) is 0 Å². The number of hydrogen-bond donors (Lipinski definition) is 2. The molecule has 0 fully saturated rings. The number of rotatable bonds is 5. The van der Waals surface area contributed by atoms with Gasteiger partial charge in [-0.05, 0) is 25.5 Å². The van der Waals surface area contributed by atoms with Crippen molar-refractivity contribution in [2.75, 3.05) is 32.1 Å². The number of benzene rings is 1. The average Bonchev–Trinajstić information content (AvgIpc) is 3.27. The van der Waals surface area contributed by atoms with E-state index in [1.54, 1.807) is 41.9 Å². The second kappa shape index (κ2) is 11.9. The molecule has 2 N–H and O–H groups in total. The van der Waals surface area contributed by atoms with Crippen LogP contribution < -0.4 is 5.32 Å². The van der Waals surface area contributed by atoms with Crippen molar-refractivity contribution in [1.82, 2.24) is 24.8 Å². The first kappa shape index (κ1) is 25.6. The Balaban J connectivity index is 1.77. The number of urea groups is 1. The van der Waals surface area contributed by atoms with Gasteiger partial charge in [-0.25, -0.2) is 13.9 Å². The summed E-state index contributed by atoms with van der Waals surface area (Å²) in [5.41, 5.74) is 0.875. The minimum Gasteiger partial charge on any atom is -0.394 e. The number of nitrogens with one attached hydrogen (secondary N) is 1. The van der Waals surface area contributed by atoms with Crippen molar-refractivity contribution < 1.29 is 23.8 Å². The number of halogens is 1. The lowest BCUT2D eigenvalue weighted by molar-refractivity contribution is -0.136. The monoisotopic (exact) mass is 476 g/mol. The number of aliphatic hydroxyl groups is 1. The zero-order chi connectivity index (χ0) is 24.7. The maximum absolute atomic E-state index is 14.0. The van der Waals surface area contributed by atoms with E-state index in [0.717, 1.165) is 5.69 Å². The van der Waals surface area contributed by atoms with Crippen molar-refractivity contribution in [2.24, 2.45) is 5.92 Å². The van der Waals surface area contributed by atoms with Crippen LogP contribution in [0.3, 0.4) is 0 Å². The Hall–Kier alpha value is -3.05. The van der Waals surface area contributed by atoms with Gasteiger partial charge in [-0.1, -0.05) is 24.3 Å². The Morgan fingerprint density at radius 1 is 1.41 bits per heavy atom. The summed E-state index contributed by atoms with van der Waals surface area (Å²) in [6.07, 6.45) is 2.11. The molecule has 34 heavy (non-hydrogen) atoms. The molecule has 1 aliphatic heterocycles. The number of carbonyl (C=O) groups excluding carboxylic acids is 2. The Labute approximate surface area is 198 Å². The summed E-state index contributed by atoms with van der Waals surface area (Å²) in [6.45, 7) is 4.94. The van der Waals surface area contributed by atoms with E-state index in [9.17, 15) is 19.1 Å². The molecule has 0 aliphatic carbocycles. The van der Waals surface area contributed by atoms with Crippen molar-refractivity contribution in [3.63, 3.8) is 0 Å². The Bertz CT molecular complexity index is 970. The van der Waals surface area contributed by atoms with Crippen LogP contribution in [-0.2, 0) is 22.7 Å². The number of likely N-dealkylation sites (N-methyl/N-ethyl adjacent to an activating group) is 1. The molecule has 2 heterocycles. The molecular weight excluding hydrogens is 443 g/mol. The molecule has 0 saturated heterocycles. The quantitative estimate of drug-likeness (QED) is 0.684. The van der Waals surface area contributed by atoms with Crippen LogP contribution in [0.25, 0.3) is 0 Å². The number of para-hydroxylation sites is 1. The van der Waals surface area contributed by atoms with Gasteiger partial charge in [0.2, 0.25) is 5.91 Å². The van der Waals surface area contributed by atoms with E-state index in [1.807, 2.05) is 6.92 Å². The van der Waals surface area contributed by atoms with Gasteiger partial charge in [-0.2, -0.15) is 0 Å². The fourth-order valence-corrected chi connectivity index (χ4v) is 3.87. The molecule has 0 bridgehead atoms. The third-order valence-electron chi connectivity index (χ3n) is 6.06. The summed E-state index contributed by atoms with van der Waals surface area (Å²) >= 11 is 0. The first-order valence-corrected chi connectivity index (χ1v) is 11.5. The number of nitrogens with zero attached hydrogens (tertiary/aromatic N) is 5. The van der Waals surface area contributed by atoms with Crippen LogP contribution in [0.2, 0.25) is 0 Å². The van der Waals surface area contributed by atoms with E-state index < -0.39 is 18.0 Å². The number of hydrogen-bond acceptors (Lipinski definition) is 6. The molecule has 11 heteroatoms. The molecule has 0 unspecified atom stereocenters. The fourth-order valence-electron chi connectivity index (χ4n) is 3.87. The zero-order valence-electron chi connectivity index (χ0n) is 19.9. The minimum absolute atomic E-state index is 0.0555. The fraction of sp³-hybridized carbons (Fsp3) is 0.565. The van der Waals surface area contributed by atoms with Gasteiger partial charge in [0, 0.05) is 39.0 Å². The Kier molecular flexibility index (Phi) is 8.94. The van der Waals surface area contributed by atoms with Crippen LogP contribution >= 0.6 is 0 Å². The van der Waals surface area contributed by atoms with Crippen molar-refractivity contribution in [3.05, 3.63) is 42.0 Å². The van der Waals surface area contributed by atoms with E-state index in [2.05, 4.69) is 15.6 Å². The molecule has 186 valence electrons. The van der Waals surface area contributed by atoms with Gasteiger partial charge in [-0.3, -0.25) is 4.79 Å². The summed E-state index contributed by atoms with van der Waals surface area (Å²) in [6, 6.07) is 5.14. The highest BCUT2D eigenvalue weighted by Crippen LogP contribution is 2.19. The maximum Gasteiger partial charge on any atom is 0.321 e. The molecule has 1 aromatic carbocycles. The number of anilines is 1.